The first-order valence-electron chi connectivity index (χ1n) is 6.74. The number of hydrogen-bond acceptors (Lipinski definition) is 3. The molecule has 5 nitrogen and oxygen atoms in total. The molecule has 0 atom stereocenters. The topological polar surface area (TPSA) is 74.3 Å². The van der Waals surface area contributed by atoms with Crippen LogP contribution in [0.5, 0.6) is 5.75 Å². The van der Waals surface area contributed by atoms with E-state index in [0.717, 1.165) is 6.07 Å². The summed E-state index contributed by atoms with van der Waals surface area (Å²) in [6.07, 6.45) is -4.87. The lowest BCUT2D eigenvalue weighted by Gasteiger charge is -2.16. The van der Waals surface area contributed by atoms with Crippen LogP contribution in [0, 0.1) is 0 Å². The molecule has 1 amide bonds. The Kier molecular flexibility index (Phi) is 5.10. The van der Waals surface area contributed by atoms with E-state index in [1.54, 1.807) is 0 Å². The third kappa shape index (κ3) is 4.34. The van der Waals surface area contributed by atoms with Crippen molar-refractivity contribution in [3.8, 4) is 5.75 Å². The zero-order valence-electron chi connectivity index (χ0n) is 12.4. The van der Waals surface area contributed by atoms with Crippen molar-refractivity contribution in [1.82, 2.24) is 4.57 Å². The number of carbonyl (C=O) groups excluding carboxylic acids is 1. The van der Waals surface area contributed by atoms with Crippen LogP contribution in [0.3, 0.4) is 0 Å². The van der Waals surface area contributed by atoms with Crippen molar-refractivity contribution in [3.05, 3.63) is 63.6 Å². The molecule has 0 aliphatic rings. The standard InChI is InChI=1S/C15H11F5N2O3/c16-14(17)25-9-3-1-2-8(6-9)7-22-11(15(18,19)20)5-4-10(12(21)23)13(22)24/h1-6,14H,7H2,(H2,21,23). The van der Waals surface area contributed by atoms with E-state index < -0.39 is 42.1 Å². The van der Waals surface area contributed by atoms with Gasteiger partial charge >= 0.3 is 12.8 Å². The number of aromatic nitrogens is 1. The van der Waals surface area contributed by atoms with Crippen LogP contribution in [-0.2, 0) is 12.7 Å². The van der Waals surface area contributed by atoms with Crippen LogP contribution in [0.1, 0.15) is 21.6 Å². The van der Waals surface area contributed by atoms with Crippen molar-refractivity contribution in [3.63, 3.8) is 0 Å². The van der Waals surface area contributed by atoms with Crippen molar-refractivity contribution < 1.29 is 31.5 Å². The molecule has 25 heavy (non-hydrogen) atoms. The molecule has 0 aliphatic heterocycles. The number of pyridine rings is 1. The Morgan fingerprint density at radius 1 is 1.20 bits per heavy atom. The minimum absolute atomic E-state index is 0.0902. The molecule has 0 bridgehead atoms. The first-order valence-corrected chi connectivity index (χ1v) is 6.74. The van der Waals surface area contributed by atoms with Gasteiger partial charge in [0.1, 0.15) is 17.0 Å². The Labute approximate surface area is 137 Å². The number of ether oxygens (including phenoxy) is 1. The number of rotatable bonds is 5. The number of nitrogens with two attached hydrogens (primary N) is 1. The van der Waals surface area contributed by atoms with Crippen LogP contribution in [0.4, 0.5) is 22.0 Å². The summed E-state index contributed by atoms with van der Waals surface area (Å²) in [5, 5.41) is 0. The fourth-order valence-electron chi connectivity index (χ4n) is 2.17. The van der Waals surface area contributed by atoms with Crippen molar-refractivity contribution in [2.75, 3.05) is 0 Å². The van der Waals surface area contributed by atoms with Crippen molar-refractivity contribution in [1.29, 1.82) is 0 Å². The number of hydrogen-bond donors (Lipinski definition) is 1. The monoisotopic (exact) mass is 362 g/mol. The second kappa shape index (κ2) is 6.91. The fraction of sp³-hybridized carbons (Fsp3) is 0.200. The van der Waals surface area contributed by atoms with Gasteiger partial charge in [0.25, 0.3) is 11.5 Å². The molecular weight excluding hydrogens is 351 g/mol. The van der Waals surface area contributed by atoms with E-state index >= 15 is 0 Å². The molecule has 0 aliphatic carbocycles. The maximum absolute atomic E-state index is 13.1. The number of nitrogens with zero attached hydrogens (tertiary/aromatic N) is 1. The van der Waals surface area contributed by atoms with Gasteiger partial charge in [0.15, 0.2) is 0 Å². The Bertz CT molecular complexity index is 846. The average Bonchev–Trinajstić information content (AvgIpc) is 2.47. The maximum atomic E-state index is 13.1. The summed E-state index contributed by atoms with van der Waals surface area (Å²) in [7, 11) is 0. The van der Waals surface area contributed by atoms with Gasteiger partial charge in [-0.15, -0.1) is 0 Å². The van der Waals surface area contributed by atoms with Crippen LogP contribution in [0.15, 0.2) is 41.2 Å². The number of carbonyl (C=O) groups is 1. The Balaban J connectivity index is 2.52. The Morgan fingerprint density at radius 3 is 2.44 bits per heavy atom. The summed E-state index contributed by atoms with van der Waals surface area (Å²) in [6, 6.07) is 6.10. The molecule has 0 saturated carbocycles. The Hall–Kier alpha value is -2.91. The summed E-state index contributed by atoms with van der Waals surface area (Å²) >= 11 is 0. The number of benzene rings is 1. The normalized spacial score (nSPS) is 11.6. The fourth-order valence-corrected chi connectivity index (χ4v) is 2.17. The van der Waals surface area contributed by atoms with E-state index in [0.29, 0.717) is 16.7 Å². The van der Waals surface area contributed by atoms with Gasteiger partial charge in [-0.1, -0.05) is 12.1 Å². The summed E-state index contributed by atoms with van der Waals surface area (Å²) in [5.41, 5.74) is 1.91. The van der Waals surface area contributed by atoms with Crippen molar-refractivity contribution in [2.45, 2.75) is 19.3 Å². The van der Waals surface area contributed by atoms with Crippen LogP contribution in [0.2, 0.25) is 0 Å². The second-order valence-corrected chi connectivity index (χ2v) is 4.91. The minimum atomic E-state index is -4.87. The van der Waals surface area contributed by atoms with E-state index in [2.05, 4.69) is 4.74 Å². The molecule has 134 valence electrons. The lowest BCUT2D eigenvalue weighted by atomic mass is 10.1. The molecule has 1 aromatic heterocycles. The number of alkyl halides is 5. The predicted molar refractivity (Wildman–Crippen MR) is 76.4 cm³/mol. The van der Waals surface area contributed by atoms with Crippen molar-refractivity contribution in [2.24, 2.45) is 5.73 Å². The Morgan fingerprint density at radius 2 is 1.88 bits per heavy atom. The summed E-state index contributed by atoms with van der Waals surface area (Å²) in [4.78, 5) is 23.3. The lowest BCUT2D eigenvalue weighted by Crippen LogP contribution is -2.34. The molecule has 2 rings (SSSR count). The molecule has 0 spiro atoms. The largest absolute Gasteiger partial charge is 0.435 e. The van der Waals surface area contributed by atoms with E-state index in [1.165, 1.54) is 18.2 Å². The second-order valence-electron chi connectivity index (χ2n) is 4.91. The maximum Gasteiger partial charge on any atom is 0.431 e. The third-order valence-corrected chi connectivity index (χ3v) is 3.19. The zero-order valence-corrected chi connectivity index (χ0v) is 12.4. The molecule has 0 fully saturated rings. The van der Waals surface area contributed by atoms with Gasteiger partial charge in [-0.2, -0.15) is 22.0 Å². The summed E-state index contributed by atoms with van der Waals surface area (Å²) in [5.74, 6) is -1.46. The first kappa shape index (κ1) is 18.4. The number of amides is 1. The van der Waals surface area contributed by atoms with Gasteiger partial charge < -0.3 is 10.5 Å². The quantitative estimate of drug-likeness (QED) is 0.831. The van der Waals surface area contributed by atoms with Crippen LogP contribution in [0.25, 0.3) is 0 Å². The van der Waals surface area contributed by atoms with E-state index in [1.807, 2.05) is 0 Å². The smallest absolute Gasteiger partial charge is 0.431 e. The van der Waals surface area contributed by atoms with Gasteiger partial charge in [-0.05, 0) is 29.8 Å². The molecule has 0 radical (unpaired) electrons. The van der Waals surface area contributed by atoms with Crippen molar-refractivity contribution >= 4 is 5.91 Å². The number of halogens is 5. The van der Waals surface area contributed by atoms with Gasteiger partial charge in [0, 0.05) is 0 Å². The zero-order chi connectivity index (χ0) is 18.8. The van der Waals surface area contributed by atoms with E-state index in [9.17, 15) is 31.5 Å². The van der Waals surface area contributed by atoms with Crippen LogP contribution < -0.4 is 16.0 Å². The first-order chi connectivity index (χ1) is 11.6. The highest BCUT2D eigenvalue weighted by molar-refractivity contribution is 5.92. The van der Waals surface area contributed by atoms with E-state index in [-0.39, 0.29) is 11.3 Å². The lowest BCUT2D eigenvalue weighted by molar-refractivity contribution is -0.144. The molecule has 0 unspecified atom stereocenters. The highest BCUT2D eigenvalue weighted by Crippen LogP contribution is 2.29. The molecule has 2 aromatic rings. The van der Waals surface area contributed by atoms with E-state index in [4.69, 9.17) is 5.73 Å². The predicted octanol–water partition coefficient (Wildman–Crippen LogP) is 2.62. The highest BCUT2D eigenvalue weighted by atomic mass is 19.4. The van der Waals surface area contributed by atoms with Crippen LogP contribution >= 0.6 is 0 Å². The third-order valence-electron chi connectivity index (χ3n) is 3.19. The van der Waals surface area contributed by atoms with Crippen LogP contribution in [-0.4, -0.2) is 17.1 Å². The van der Waals surface area contributed by atoms with Gasteiger partial charge in [0.05, 0.1) is 6.54 Å². The molecule has 1 aromatic carbocycles. The van der Waals surface area contributed by atoms with Gasteiger partial charge in [-0.25, -0.2) is 0 Å². The highest BCUT2D eigenvalue weighted by Gasteiger charge is 2.35. The molecular formula is C15H11F5N2O3. The molecule has 10 heteroatoms. The minimum Gasteiger partial charge on any atom is -0.435 e. The SMILES string of the molecule is NC(=O)c1ccc(C(F)(F)F)n(Cc2cccc(OC(F)F)c2)c1=O. The molecule has 2 N–H and O–H groups in total. The molecule has 0 saturated heterocycles. The summed E-state index contributed by atoms with van der Waals surface area (Å²) < 4.78 is 68.3. The summed E-state index contributed by atoms with van der Waals surface area (Å²) in [6.45, 7) is -3.73. The average molecular weight is 362 g/mol. The number of primary amides is 1. The van der Waals surface area contributed by atoms with Gasteiger partial charge in [0.2, 0.25) is 0 Å². The van der Waals surface area contributed by atoms with Gasteiger partial charge in [-0.3, -0.25) is 14.2 Å². The molecule has 1 heterocycles.